The fourth-order valence-corrected chi connectivity index (χ4v) is 4.95. The Bertz CT molecular complexity index is 1260. The highest BCUT2D eigenvalue weighted by molar-refractivity contribution is 7.99. The number of para-hydroxylation sites is 1. The normalized spacial score (nSPS) is 11.2. The molecule has 3 heterocycles. The van der Waals surface area contributed by atoms with E-state index in [0.717, 1.165) is 27.7 Å². The number of pyridine rings is 1. The van der Waals surface area contributed by atoms with Gasteiger partial charge in [-0.1, -0.05) is 30.0 Å². The molecule has 7 nitrogen and oxygen atoms in total. The molecule has 4 aromatic rings. The molecule has 30 heavy (non-hydrogen) atoms. The van der Waals surface area contributed by atoms with Crippen LogP contribution in [0.1, 0.15) is 27.7 Å². The minimum Gasteiger partial charge on any atom is -0.462 e. The summed E-state index contributed by atoms with van der Waals surface area (Å²) in [6.07, 6.45) is 0. The van der Waals surface area contributed by atoms with Crippen LogP contribution in [0.2, 0.25) is 0 Å². The second kappa shape index (κ2) is 8.45. The SMILES string of the molecule is CCOC(=O)c1sc(NC(=O)CSc2nnc3cc(C)c4ccccc4n23)cc1C. The van der Waals surface area contributed by atoms with Crippen molar-refractivity contribution in [3.8, 4) is 0 Å². The number of nitrogens with zero attached hydrogens (tertiary/aromatic N) is 3. The van der Waals surface area contributed by atoms with E-state index in [2.05, 4.69) is 21.6 Å². The average molecular weight is 441 g/mol. The molecule has 1 amide bonds. The Morgan fingerprint density at radius 1 is 1.17 bits per heavy atom. The van der Waals surface area contributed by atoms with Gasteiger partial charge >= 0.3 is 5.97 Å². The number of anilines is 1. The molecule has 0 fully saturated rings. The molecule has 154 valence electrons. The summed E-state index contributed by atoms with van der Waals surface area (Å²) in [5, 5.41) is 13.8. The van der Waals surface area contributed by atoms with Crippen LogP contribution in [0.5, 0.6) is 0 Å². The Labute approximate surface area is 181 Å². The summed E-state index contributed by atoms with van der Waals surface area (Å²) in [6, 6.07) is 11.8. The van der Waals surface area contributed by atoms with Crippen LogP contribution in [-0.4, -0.2) is 38.8 Å². The van der Waals surface area contributed by atoms with Crippen molar-refractivity contribution in [2.75, 3.05) is 17.7 Å². The number of ether oxygens (including phenoxy) is 1. The van der Waals surface area contributed by atoms with E-state index in [-0.39, 0.29) is 17.6 Å². The number of aromatic nitrogens is 3. The predicted octanol–water partition coefficient (Wildman–Crippen LogP) is 4.47. The number of hydrogen-bond donors (Lipinski definition) is 1. The van der Waals surface area contributed by atoms with E-state index in [1.165, 1.54) is 23.1 Å². The Balaban J connectivity index is 1.50. The minimum atomic E-state index is -0.369. The zero-order valence-corrected chi connectivity index (χ0v) is 18.4. The zero-order chi connectivity index (χ0) is 21.3. The average Bonchev–Trinajstić information content (AvgIpc) is 3.30. The Hall–Kier alpha value is -2.91. The number of carbonyl (C=O) groups excluding carboxylic acids is 2. The highest BCUT2D eigenvalue weighted by atomic mass is 32.2. The van der Waals surface area contributed by atoms with Crippen LogP contribution in [0.4, 0.5) is 5.00 Å². The highest BCUT2D eigenvalue weighted by Crippen LogP contribution is 2.29. The molecule has 0 radical (unpaired) electrons. The lowest BCUT2D eigenvalue weighted by molar-refractivity contribution is -0.113. The summed E-state index contributed by atoms with van der Waals surface area (Å²) < 4.78 is 7.01. The van der Waals surface area contributed by atoms with E-state index in [9.17, 15) is 9.59 Å². The maximum Gasteiger partial charge on any atom is 0.348 e. The summed E-state index contributed by atoms with van der Waals surface area (Å²) >= 11 is 2.54. The molecule has 0 aliphatic carbocycles. The second-order valence-corrected chi connectivity index (χ2v) is 8.70. The summed E-state index contributed by atoms with van der Waals surface area (Å²) in [5.41, 5.74) is 3.67. The fourth-order valence-electron chi connectivity index (χ4n) is 3.21. The van der Waals surface area contributed by atoms with Crippen molar-refractivity contribution < 1.29 is 14.3 Å². The number of nitrogens with one attached hydrogen (secondary N) is 1. The number of amides is 1. The first-order chi connectivity index (χ1) is 14.5. The largest absolute Gasteiger partial charge is 0.462 e. The van der Waals surface area contributed by atoms with Crippen LogP contribution < -0.4 is 5.32 Å². The number of aryl methyl sites for hydroxylation is 2. The summed E-state index contributed by atoms with van der Waals surface area (Å²) in [6.45, 7) is 5.95. The van der Waals surface area contributed by atoms with E-state index >= 15 is 0 Å². The fraction of sp³-hybridized carbons (Fsp3) is 0.238. The second-order valence-electron chi connectivity index (χ2n) is 6.70. The maximum atomic E-state index is 12.5. The van der Waals surface area contributed by atoms with Gasteiger partial charge in [-0.15, -0.1) is 21.5 Å². The molecule has 4 rings (SSSR count). The van der Waals surface area contributed by atoms with Crippen molar-refractivity contribution in [3.63, 3.8) is 0 Å². The third-order valence-corrected chi connectivity index (χ3v) is 6.61. The van der Waals surface area contributed by atoms with Crippen LogP contribution in [0.3, 0.4) is 0 Å². The van der Waals surface area contributed by atoms with E-state index < -0.39 is 0 Å². The molecule has 3 aromatic heterocycles. The zero-order valence-electron chi connectivity index (χ0n) is 16.8. The summed E-state index contributed by atoms with van der Waals surface area (Å²) in [5.74, 6) is -0.369. The third-order valence-electron chi connectivity index (χ3n) is 4.55. The van der Waals surface area contributed by atoms with Crippen molar-refractivity contribution in [1.29, 1.82) is 0 Å². The molecule has 1 aromatic carbocycles. The van der Waals surface area contributed by atoms with Gasteiger partial charge in [0, 0.05) is 5.39 Å². The molecule has 0 saturated carbocycles. The van der Waals surface area contributed by atoms with Crippen molar-refractivity contribution in [1.82, 2.24) is 14.6 Å². The molecular formula is C21H20N4O3S2. The van der Waals surface area contributed by atoms with Crippen LogP contribution in [0, 0.1) is 13.8 Å². The monoisotopic (exact) mass is 440 g/mol. The smallest absolute Gasteiger partial charge is 0.348 e. The van der Waals surface area contributed by atoms with Gasteiger partial charge in [0.15, 0.2) is 10.8 Å². The molecule has 0 bridgehead atoms. The molecule has 0 atom stereocenters. The van der Waals surface area contributed by atoms with Crippen LogP contribution in [-0.2, 0) is 9.53 Å². The first-order valence-corrected chi connectivity index (χ1v) is 11.2. The van der Waals surface area contributed by atoms with E-state index in [4.69, 9.17) is 4.74 Å². The first-order valence-electron chi connectivity index (χ1n) is 9.41. The molecule has 0 unspecified atom stereocenters. The maximum absolute atomic E-state index is 12.5. The van der Waals surface area contributed by atoms with Gasteiger partial charge in [0.1, 0.15) is 4.88 Å². The van der Waals surface area contributed by atoms with Crippen molar-refractivity contribution in [2.24, 2.45) is 0 Å². The van der Waals surface area contributed by atoms with Gasteiger partial charge in [0.05, 0.1) is 22.9 Å². The van der Waals surface area contributed by atoms with Crippen LogP contribution in [0.25, 0.3) is 16.6 Å². The minimum absolute atomic E-state index is 0.175. The number of carbonyl (C=O) groups is 2. The number of esters is 1. The van der Waals surface area contributed by atoms with Crippen LogP contribution >= 0.6 is 23.1 Å². The standard InChI is InChI=1S/C21H20N4O3S2/c1-4-28-20(27)19-13(3)10-18(30-19)22-17(26)11-29-21-24-23-16-9-12(2)14-7-5-6-8-15(14)25(16)21/h5-10H,4,11H2,1-3H3,(H,22,26). The van der Waals surface area contributed by atoms with E-state index in [1.54, 1.807) is 13.0 Å². The Morgan fingerprint density at radius 3 is 2.77 bits per heavy atom. The molecule has 1 N–H and O–H groups in total. The lowest BCUT2D eigenvalue weighted by Crippen LogP contribution is -2.13. The molecule has 0 aliphatic rings. The number of rotatable bonds is 6. The summed E-state index contributed by atoms with van der Waals surface area (Å²) in [4.78, 5) is 24.9. The van der Waals surface area contributed by atoms with Crippen molar-refractivity contribution in [3.05, 3.63) is 52.4 Å². The van der Waals surface area contributed by atoms with Gasteiger partial charge in [-0.25, -0.2) is 4.79 Å². The van der Waals surface area contributed by atoms with Crippen LogP contribution in [0.15, 0.2) is 41.6 Å². The molecular weight excluding hydrogens is 420 g/mol. The number of benzene rings is 1. The molecule has 0 saturated heterocycles. The Morgan fingerprint density at radius 2 is 1.97 bits per heavy atom. The third kappa shape index (κ3) is 3.90. The van der Waals surface area contributed by atoms with Gasteiger partial charge in [-0.2, -0.15) is 0 Å². The topological polar surface area (TPSA) is 85.6 Å². The quantitative estimate of drug-likeness (QED) is 0.352. The van der Waals surface area contributed by atoms with Gasteiger partial charge in [0.25, 0.3) is 0 Å². The lowest BCUT2D eigenvalue weighted by atomic mass is 10.1. The number of thioether (sulfide) groups is 1. The highest BCUT2D eigenvalue weighted by Gasteiger charge is 2.17. The first kappa shape index (κ1) is 20.4. The number of thiophene rings is 1. The van der Waals surface area contributed by atoms with E-state index in [0.29, 0.717) is 21.6 Å². The predicted molar refractivity (Wildman–Crippen MR) is 120 cm³/mol. The van der Waals surface area contributed by atoms with Crippen molar-refractivity contribution >= 4 is 56.5 Å². The van der Waals surface area contributed by atoms with Crippen molar-refractivity contribution in [2.45, 2.75) is 25.9 Å². The number of hydrogen-bond acceptors (Lipinski definition) is 7. The summed E-state index contributed by atoms with van der Waals surface area (Å²) in [7, 11) is 0. The molecule has 0 spiro atoms. The van der Waals surface area contributed by atoms with Gasteiger partial charge in [0.2, 0.25) is 5.91 Å². The van der Waals surface area contributed by atoms with Gasteiger partial charge < -0.3 is 10.1 Å². The van der Waals surface area contributed by atoms with E-state index in [1.807, 2.05) is 42.5 Å². The lowest BCUT2D eigenvalue weighted by Gasteiger charge is -2.07. The Kier molecular flexibility index (Phi) is 5.74. The molecule has 9 heteroatoms. The van der Waals surface area contributed by atoms with Gasteiger partial charge in [-0.3, -0.25) is 9.20 Å². The van der Waals surface area contributed by atoms with Gasteiger partial charge in [-0.05, 0) is 50.1 Å². The molecule has 0 aliphatic heterocycles. The number of fused-ring (bicyclic) bond motifs is 3.